The number of alkyl halides is 1. The van der Waals surface area contributed by atoms with E-state index in [4.69, 9.17) is 15.6 Å². The quantitative estimate of drug-likeness (QED) is 0.684. The minimum Gasteiger partial charge on any atom is -0.394 e. The van der Waals surface area contributed by atoms with Crippen LogP contribution >= 0.6 is 0 Å². The second kappa shape index (κ2) is 4.41. The van der Waals surface area contributed by atoms with Gasteiger partial charge in [0.2, 0.25) is 0 Å². The van der Waals surface area contributed by atoms with Gasteiger partial charge in [-0.05, 0) is 6.07 Å². The maximum Gasteiger partial charge on any atom is 0.173 e. The Hall–Kier alpha value is -1.77. The summed E-state index contributed by atoms with van der Waals surface area (Å²) < 4.78 is 20.8. The van der Waals surface area contributed by atoms with Gasteiger partial charge in [0.25, 0.3) is 0 Å². The molecule has 0 radical (unpaired) electrons. The van der Waals surface area contributed by atoms with E-state index in [9.17, 15) is 9.50 Å². The highest BCUT2D eigenvalue weighted by Gasteiger charge is 2.45. The molecule has 8 heteroatoms. The predicted octanol–water partition coefficient (Wildman–Crippen LogP) is -0.398. The van der Waals surface area contributed by atoms with Gasteiger partial charge in [0.1, 0.15) is 17.7 Å². The van der Waals surface area contributed by atoms with Gasteiger partial charge in [-0.1, -0.05) is 0 Å². The van der Waals surface area contributed by atoms with Crippen molar-refractivity contribution in [2.24, 2.45) is 0 Å². The van der Waals surface area contributed by atoms with Crippen molar-refractivity contribution >= 4 is 16.9 Å². The third-order valence-electron chi connectivity index (χ3n) is 3.27. The smallest absolute Gasteiger partial charge is 0.173 e. The van der Waals surface area contributed by atoms with Gasteiger partial charge < -0.3 is 25.3 Å². The first-order valence-corrected chi connectivity index (χ1v) is 5.79. The van der Waals surface area contributed by atoms with E-state index in [0.717, 1.165) is 0 Å². The van der Waals surface area contributed by atoms with Crippen LogP contribution in [-0.4, -0.2) is 49.7 Å². The highest BCUT2D eigenvalue weighted by atomic mass is 19.1. The van der Waals surface area contributed by atoms with Crippen molar-refractivity contribution in [2.45, 2.75) is 24.6 Å². The molecule has 0 unspecified atom stereocenters. The Morgan fingerprint density at radius 1 is 1.47 bits per heavy atom. The molecule has 2 aromatic heterocycles. The molecular weight excluding hydrogens is 255 g/mol. The molecule has 0 spiro atoms. The molecule has 3 rings (SSSR count). The summed E-state index contributed by atoms with van der Waals surface area (Å²) in [5.74, 6) is 0.240. The largest absolute Gasteiger partial charge is 0.394 e. The summed E-state index contributed by atoms with van der Waals surface area (Å²) in [5.41, 5.74) is 6.68. The number of halogens is 1. The third-order valence-corrected chi connectivity index (χ3v) is 3.27. The van der Waals surface area contributed by atoms with E-state index in [-0.39, 0.29) is 5.82 Å². The van der Waals surface area contributed by atoms with Crippen molar-refractivity contribution in [3.8, 4) is 0 Å². The summed E-state index contributed by atoms with van der Waals surface area (Å²) in [6.07, 6.45) is -2.14. The SMILES string of the molecule is Nc1nccc2c1ncn2[C@@H]1O[C@H](CO)[C@@H](O)[C@H]1F. The average Bonchev–Trinajstić information content (AvgIpc) is 2.94. The lowest BCUT2D eigenvalue weighted by Gasteiger charge is -2.15. The zero-order chi connectivity index (χ0) is 13.6. The molecule has 102 valence electrons. The first-order chi connectivity index (χ1) is 9.13. The Labute approximate surface area is 107 Å². The first-order valence-electron chi connectivity index (χ1n) is 5.79. The highest BCUT2D eigenvalue weighted by molar-refractivity contribution is 5.84. The molecule has 1 saturated heterocycles. The van der Waals surface area contributed by atoms with Gasteiger partial charge in [-0.2, -0.15) is 0 Å². The Kier molecular flexibility index (Phi) is 2.85. The van der Waals surface area contributed by atoms with Crippen molar-refractivity contribution in [3.05, 3.63) is 18.6 Å². The summed E-state index contributed by atoms with van der Waals surface area (Å²) in [6.45, 7) is -0.450. The van der Waals surface area contributed by atoms with Gasteiger partial charge in [-0.25, -0.2) is 14.4 Å². The number of aliphatic hydroxyl groups is 2. The zero-order valence-corrected chi connectivity index (χ0v) is 9.85. The molecule has 1 aliphatic rings. The maximum absolute atomic E-state index is 14.0. The lowest BCUT2D eigenvalue weighted by molar-refractivity contribution is -0.0457. The number of anilines is 1. The molecule has 4 atom stereocenters. The fraction of sp³-hybridized carbons (Fsp3) is 0.455. The molecule has 0 saturated carbocycles. The molecule has 19 heavy (non-hydrogen) atoms. The standard InChI is InChI=1S/C11H13FN4O3/c12-7-9(18)6(3-17)19-11(7)16-4-15-8-5(16)1-2-14-10(8)13/h1-2,4,6-7,9,11,17-18H,3H2,(H2,13,14)/t6-,7-,9-,11-/m1/s1. The summed E-state index contributed by atoms with van der Waals surface area (Å²) in [7, 11) is 0. The number of pyridine rings is 1. The van der Waals surface area contributed by atoms with E-state index < -0.39 is 31.2 Å². The number of hydrogen-bond donors (Lipinski definition) is 3. The van der Waals surface area contributed by atoms with Gasteiger partial charge in [0, 0.05) is 6.20 Å². The number of hydrogen-bond acceptors (Lipinski definition) is 6. The number of fused-ring (bicyclic) bond motifs is 1. The number of nitrogen functional groups attached to an aromatic ring is 1. The molecule has 1 aliphatic heterocycles. The van der Waals surface area contributed by atoms with Crippen LogP contribution in [0.5, 0.6) is 0 Å². The van der Waals surface area contributed by atoms with Crippen LogP contribution in [0, 0.1) is 0 Å². The number of aliphatic hydroxyl groups excluding tert-OH is 2. The van der Waals surface area contributed by atoms with Gasteiger partial charge in [-0.15, -0.1) is 0 Å². The third kappa shape index (κ3) is 1.76. The molecule has 0 aromatic carbocycles. The van der Waals surface area contributed by atoms with Crippen molar-refractivity contribution < 1.29 is 19.3 Å². The summed E-state index contributed by atoms with van der Waals surface area (Å²) in [4.78, 5) is 7.95. The van der Waals surface area contributed by atoms with Crippen molar-refractivity contribution in [1.29, 1.82) is 0 Å². The van der Waals surface area contributed by atoms with Crippen LogP contribution in [-0.2, 0) is 4.74 Å². The van der Waals surface area contributed by atoms with Crippen LogP contribution in [0.15, 0.2) is 18.6 Å². The number of ether oxygens (including phenoxy) is 1. The number of nitrogens with zero attached hydrogens (tertiary/aromatic N) is 3. The van der Waals surface area contributed by atoms with Crippen molar-refractivity contribution in [3.63, 3.8) is 0 Å². The first kappa shape index (κ1) is 12.3. The number of aromatic nitrogens is 3. The summed E-state index contributed by atoms with van der Waals surface area (Å²) in [6, 6.07) is 1.63. The minimum atomic E-state index is -1.65. The second-order valence-electron chi connectivity index (χ2n) is 4.40. The summed E-state index contributed by atoms with van der Waals surface area (Å²) in [5, 5.41) is 18.6. The van der Waals surface area contributed by atoms with Gasteiger partial charge >= 0.3 is 0 Å². The Morgan fingerprint density at radius 2 is 2.26 bits per heavy atom. The van der Waals surface area contributed by atoms with Crippen LogP contribution in [0.3, 0.4) is 0 Å². The number of rotatable bonds is 2. The maximum atomic E-state index is 14.0. The van der Waals surface area contributed by atoms with Crippen LogP contribution in [0.1, 0.15) is 6.23 Å². The lowest BCUT2D eigenvalue weighted by atomic mass is 10.1. The Bertz CT molecular complexity index is 605. The number of imidazole rings is 1. The molecule has 1 fully saturated rings. The van der Waals surface area contributed by atoms with Crippen LogP contribution < -0.4 is 5.73 Å². The lowest BCUT2D eigenvalue weighted by Crippen LogP contribution is -2.30. The molecule has 0 bridgehead atoms. The molecule has 2 aromatic rings. The fourth-order valence-corrected chi connectivity index (χ4v) is 2.26. The van der Waals surface area contributed by atoms with E-state index >= 15 is 0 Å². The van der Waals surface area contributed by atoms with Gasteiger partial charge in [0.05, 0.1) is 18.5 Å². The van der Waals surface area contributed by atoms with Gasteiger partial charge in [0.15, 0.2) is 18.2 Å². The van der Waals surface area contributed by atoms with E-state index in [2.05, 4.69) is 9.97 Å². The summed E-state index contributed by atoms with van der Waals surface area (Å²) >= 11 is 0. The monoisotopic (exact) mass is 268 g/mol. The Balaban J connectivity index is 2.04. The van der Waals surface area contributed by atoms with Gasteiger partial charge in [-0.3, -0.25) is 0 Å². The normalized spacial score (nSPS) is 31.1. The Morgan fingerprint density at radius 3 is 2.95 bits per heavy atom. The van der Waals surface area contributed by atoms with Crippen LogP contribution in [0.25, 0.3) is 11.0 Å². The highest BCUT2D eigenvalue weighted by Crippen LogP contribution is 2.34. The van der Waals surface area contributed by atoms with E-state index in [0.29, 0.717) is 11.0 Å². The molecule has 4 N–H and O–H groups in total. The molecule has 0 aliphatic carbocycles. The predicted molar refractivity (Wildman–Crippen MR) is 63.8 cm³/mol. The molecule has 3 heterocycles. The second-order valence-corrected chi connectivity index (χ2v) is 4.40. The molecular formula is C11H13FN4O3. The molecule has 0 amide bonds. The number of nitrogens with two attached hydrogens (primary N) is 1. The molecule has 7 nitrogen and oxygen atoms in total. The van der Waals surface area contributed by atoms with E-state index in [1.54, 1.807) is 6.07 Å². The van der Waals surface area contributed by atoms with Crippen LogP contribution in [0.4, 0.5) is 10.2 Å². The van der Waals surface area contributed by atoms with Crippen LogP contribution in [0.2, 0.25) is 0 Å². The topological polar surface area (TPSA) is 106 Å². The van der Waals surface area contributed by atoms with E-state index in [1.807, 2.05) is 0 Å². The average molecular weight is 268 g/mol. The van der Waals surface area contributed by atoms with E-state index in [1.165, 1.54) is 17.1 Å². The van der Waals surface area contributed by atoms with Crippen molar-refractivity contribution in [1.82, 2.24) is 14.5 Å². The zero-order valence-electron chi connectivity index (χ0n) is 9.85. The minimum absolute atomic E-state index is 0.240. The fourth-order valence-electron chi connectivity index (χ4n) is 2.26. The van der Waals surface area contributed by atoms with Crippen molar-refractivity contribution in [2.75, 3.05) is 12.3 Å².